The van der Waals surface area contributed by atoms with Gasteiger partial charge in [-0.3, -0.25) is 9.36 Å². The van der Waals surface area contributed by atoms with Crippen LogP contribution in [0.2, 0.25) is 5.02 Å². The number of aromatic hydroxyl groups is 1. The Balaban J connectivity index is 1.54. The molecule has 4 heterocycles. The molecule has 4 aromatic rings. The molecular formula is C22H20ClN5O3. The van der Waals surface area contributed by atoms with E-state index in [0.717, 1.165) is 30.2 Å². The first-order valence-corrected chi connectivity index (χ1v) is 10.3. The third-order valence-corrected chi connectivity index (χ3v) is 5.84. The summed E-state index contributed by atoms with van der Waals surface area (Å²) >= 11 is 6.31. The van der Waals surface area contributed by atoms with Crippen molar-refractivity contribution in [2.45, 2.75) is 6.92 Å². The monoisotopic (exact) mass is 437 g/mol. The average molecular weight is 438 g/mol. The molecule has 0 spiro atoms. The summed E-state index contributed by atoms with van der Waals surface area (Å²) in [5, 5.41) is 10.8. The fourth-order valence-electron chi connectivity index (χ4n) is 3.80. The summed E-state index contributed by atoms with van der Waals surface area (Å²) in [6.07, 6.45) is 3.20. The van der Waals surface area contributed by atoms with Gasteiger partial charge in [0.1, 0.15) is 23.5 Å². The van der Waals surface area contributed by atoms with E-state index in [4.69, 9.17) is 16.3 Å². The topological polar surface area (TPSA) is 96.3 Å². The third-order valence-electron chi connectivity index (χ3n) is 5.54. The molecule has 0 saturated carbocycles. The summed E-state index contributed by atoms with van der Waals surface area (Å²) in [5.74, 6) is 0.963. The third kappa shape index (κ3) is 3.43. The van der Waals surface area contributed by atoms with Crippen LogP contribution in [0.3, 0.4) is 0 Å². The lowest BCUT2D eigenvalue weighted by Gasteiger charge is -2.27. The van der Waals surface area contributed by atoms with Crippen molar-refractivity contribution in [2.24, 2.45) is 0 Å². The van der Waals surface area contributed by atoms with Gasteiger partial charge in [-0.15, -0.1) is 0 Å². The van der Waals surface area contributed by atoms with Gasteiger partial charge >= 0.3 is 0 Å². The van der Waals surface area contributed by atoms with Gasteiger partial charge in [-0.1, -0.05) is 11.6 Å². The molecule has 1 saturated heterocycles. The second-order valence-electron chi connectivity index (χ2n) is 7.41. The number of fused-ring (bicyclic) bond motifs is 1. The fraction of sp³-hybridized carbons (Fsp3) is 0.227. The molecule has 2 N–H and O–H groups in total. The number of halogens is 1. The number of aromatic amines is 1. The first-order valence-electron chi connectivity index (χ1n) is 9.91. The summed E-state index contributed by atoms with van der Waals surface area (Å²) in [5.41, 5.74) is 2.72. The Hall–Kier alpha value is -3.36. The van der Waals surface area contributed by atoms with Gasteiger partial charge in [-0.05, 0) is 37.3 Å². The van der Waals surface area contributed by atoms with Crippen LogP contribution in [-0.2, 0) is 4.74 Å². The number of hydrogen-bond donors (Lipinski definition) is 2. The standard InChI is InChI=1S/C22H20ClN5O3/c1-13-18(29)4-3-16(23)20(13)28-12-25-21-15(22(28)30)10-17(26-21)14-2-5-19(24-11-14)27-6-8-31-9-7-27/h2-5,10-12,26,29H,6-9H2,1H3. The number of aromatic nitrogens is 4. The molecule has 0 radical (unpaired) electrons. The molecule has 31 heavy (non-hydrogen) atoms. The average Bonchev–Trinajstić information content (AvgIpc) is 3.24. The summed E-state index contributed by atoms with van der Waals surface area (Å²) in [7, 11) is 0. The number of rotatable bonds is 3. The highest BCUT2D eigenvalue weighted by atomic mass is 35.5. The number of pyridine rings is 1. The van der Waals surface area contributed by atoms with Crippen LogP contribution in [0.15, 0.2) is 47.7 Å². The first kappa shape index (κ1) is 19.6. The lowest BCUT2D eigenvalue weighted by atomic mass is 10.1. The highest BCUT2D eigenvalue weighted by Gasteiger charge is 2.17. The highest BCUT2D eigenvalue weighted by molar-refractivity contribution is 6.32. The number of phenols is 1. The molecule has 158 valence electrons. The zero-order chi connectivity index (χ0) is 21.5. The second kappa shape index (κ2) is 7.72. The SMILES string of the molecule is Cc1c(O)ccc(Cl)c1-n1cnc2[nH]c(-c3ccc(N4CCOCC4)nc3)cc2c1=O. The lowest BCUT2D eigenvalue weighted by Crippen LogP contribution is -2.36. The van der Waals surface area contributed by atoms with E-state index in [9.17, 15) is 9.90 Å². The van der Waals surface area contributed by atoms with Crippen molar-refractivity contribution in [2.75, 3.05) is 31.2 Å². The molecule has 1 aliphatic heterocycles. The normalized spacial score (nSPS) is 14.3. The summed E-state index contributed by atoms with van der Waals surface area (Å²) in [6, 6.07) is 8.75. The number of ether oxygens (including phenoxy) is 1. The van der Waals surface area contributed by atoms with Gasteiger partial charge in [0.2, 0.25) is 0 Å². The largest absolute Gasteiger partial charge is 0.508 e. The molecule has 1 fully saturated rings. The van der Waals surface area contributed by atoms with Gasteiger partial charge in [-0.25, -0.2) is 9.97 Å². The van der Waals surface area contributed by atoms with Gasteiger partial charge in [0.15, 0.2) is 0 Å². The number of H-pyrrole nitrogens is 1. The maximum Gasteiger partial charge on any atom is 0.267 e. The molecule has 0 unspecified atom stereocenters. The van der Waals surface area contributed by atoms with E-state index in [1.54, 1.807) is 25.3 Å². The molecule has 0 bridgehead atoms. The fourth-order valence-corrected chi connectivity index (χ4v) is 4.09. The zero-order valence-corrected chi connectivity index (χ0v) is 17.6. The van der Waals surface area contributed by atoms with Gasteiger partial charge in [0, 0.05) is 36.1 Å². The minimum absolute atomic E-state index is 0.0626. The van der Waals surface area contributed by atoms with Crippen LogP contribution in [0, 0.1) is 6.92 Å². The van der Waals surface area contributed by atoms with Crippen molar-refractivity contribution in [1.82, 2.24) is 19.5 Å². The zero-order valence-electron chi connectivity index (χ0n) is 16.8. The highest BCUT2D eigenvalue weighted by Crippen LogP contribution is 2.30. The van der Waals surface area contributed by atoms with Crippen molar-refractivity contribution < 1.29 is 9.84 Å². The van der Waals surface area contributed by atoms with E-state index < -0.39 is 0 Å². The van der Waals surface area contributed by atoms with E-state index in [0.29, 0.717) is 40.5 Å². The van der Waals surface area contributed by atoms with Crippen LogP contribution in [0.5, 0.6) is 5.75 Å². The Bertz CT molecular complexity index is 1320. The van der Waals surface area contributed by atoms with Crippen LogP contribution in [0.25, 0.3) is 28.0 Å². The van der Waals surface area contributed by atoms with E-state index in [1.165, 1.54) is 17.0 Å². The van der Waals surface area contributed by atoms with Gasteiger partial charge < -0.3 is 19.7 Å². The van der Waals surface area contributed by atoms with Crippen molar-refractivity contribution in [3.8, 4) is 22.7 Å². The van der Waals surface area contributed by atoms with Crippen LogP contribution in [-0.4, -0.2) is 50.9 Å². The molecule has 3 aromatic heterocycles. The molecule has 5 rings (SSSR count). The summed E-state index contributed by atoms with van der Waals surface area (Å²) in [6.45, 7) is 4.74. The van der Waals surface area contributed by atoms with Crippen LogP contribution < -0.4 is 10.5 Å². The van der Waals surface area contributed by atoms with Crippen LogP contribution in [0.4, 0.5) is 5.82 Å². The maximum atomic E-state index is 13.2. The van der Waals surface area contributed by atoms with E-state index >= 15 is 0 Å². The number of nitrogens with one attached hydrogen (secondary N) is 1. The minimum atomic E-state index is -0.277. The number of benzene rings is 1. The molecule has 0 atom stereocenters. The molecular weight excluding hydrogens is 418 g/mol. The molecule has 1 aromatic carbocycles. The molecule has 8 nitrogen and oxygen atoms in total. The smallest absolute Gasteiger partial charge is 0.267 e. The van der Waals surface area contributed by atoms with Gasteiger partial charge in [-0.2, -0.15) is 0 Å². The predicted molar refractivity (Wildman–Crippen MR) is 119 cm³/mol. The number of hydrogen-bond acceptors (Lipinski definition) is 6. The van der Waals surface area contributed by atoms with E-state index in [1.807, 2.05) is 12.1 Å². The van der Waals surface area contributed by atoms with Gasteiger partial charge in [0.25, 0.3) is 5.56 Å². The predicted octanol–water partition coefficient (Wildman–Crippen LogP) is 3.28. The number of morpholine rings is 1. The Morgan fingerprint density at radius 2 is 1.97 bits per heavy atom. The number of anilines is 1. The first-order chi connectivity index (χ1) is 15.0. The van der Waals surface area contributed by atoms with Crippen molar-refractivity contribution in [1.29, 1.82) is 0 Å². The van der Waals surface area contributed by atoms with Gasteiger partial charge in [0.05, 0.1) is 29.3 Å². The van der Waals surface area contributed by atoms with Crippen LogP contribution >= 0.6 is 11.6 Å². The number of nitrogens with zero attached hydrogens (tertiary/aromatic N) is 4. The van der Waals surface area contributed by atoms with Crippen molar-refractivity contribution >= 4 is 28.5 Å². The molecule has 0 aliphatic carbocycles. The quantitative estimate of drug-likeness (QED) is 0.510. The van der Waals surface area contributed by atoms with E-state index in [2.05, 4.69) is 19.9 Å². The summed E-state index contributed by atoms with van der Waals surface area (Å²) < 4.78 is 6.75. The Morgan fingerprint density at radius 1 is 1.16 bits per heavy atom. The van der Waals surface area contributed by atoms with Crippen molar-refractivity contribution in [3.05, 3.63) is 63.8 Å². The number of phenolic OH excluding ortho intramolecular Hbond substituents is 1. The lowest BCUT2D eigenvalue weighted by molar-refractivity contribution is 0.122. The molecule has 1 aliphatic rings. The van der Waals surface area contributed by atoms with Crippen molar-refractivity contribution in [3.63, 3.8) is 0 Å². The molecule has 9 heteroatoms. The second-order valence-corrected chi connectivity index (χ2v) is 7.82. The van der Waals surface area contributed by atoms with Crippen LogP contribution in [0.1, 0.15) is 5.56 Å². The molecule has 0 amide bonds. The maximum absolute atomic E-state index is 13.2. The summed E-state index contributed by atoms with van der Waals surface area (Å²) in [4.78, 5) is 27.5. The Kier molecular flexibility index (Phi) is 4.88. The Morgan fingerprint density at radius 3 is 2.71 bits per heavy atom. The van der Waals surface area contributed by atoms with E-state index in [-0.39, 0.29) is 11.3 Å². The Labute approximate surface area is 182 Å². The minimum Gasteiger partial charge on any atom is -0.508 e.